The van der Waals surface area contributed by atoms with Gasteiger partial charge in [0.25, 0.3) is 5.92 Å². The van der Waals surface area contributed by atoms with E-state index in [1.165, 1.54) is 47.4 Å². The summed E-state index contributed by atoms with van der Waals surface area (Å²) in [5.41, 5.74) is -0.740. The van der Waals surface area contributed by atoms with Gasteiger partial charge in [-0.2, -0.15) is 26.3 Å². The molecular formula is C27H21F8NO2. The summed E-state index contributed by atoms with van der Waals surface area (Å²) in [7, 11) is 0. The number of likely N-dealkylation sites (tertiary alicyclic amines) is 1. The van der Waals surface area contributed by atoms with Crippen molar-refractivity contribution in [3.63, 3.8) is 0 Å². The summed E-state index contributed by atoms with van der Waals surface area (Å²) in [5, 5.41) is 0. The van der Waals surface area contributed by atoms with Crippen molar-refractivity contribution in [2.75, 3.05) is 6.54 Å². The number of halogens is 8. The molecule has 11 heteroatoms. The molecule has 3 aromatic rings. The van der Waals surface area contributed by atoms with Crippen LogP contribution in [0.25, 0.3) is 0 Å². The van der Waals surface area contributed by atoms with Gasteiger partial charge in [-0.1, -0.05) is 42.5 Å². The van der Waals surface area contributed by atoms with Gasteiger partial charge < -0.3 is 4.74 Å². The summed E-state index contributed by atoms with van der Waals surface area (Å²) in [4.78, 5) is 14.3. The SMILES string of the molecule is O=C(OCc1ccc(C(F)(F)F)cc1)c1ccccc1[C@H]1CC(F)(F)CN1Cc1ccc(C(F)(F)F)cc1. The number of esters is 1. The molecule has 0 amide bonds. The van der Waals surface area contributed by atoms with Gasteiger partial charge >= 0.3 is 18.3 Å². The van der Waals surface area contributed by atoms with Gasteiger partial charge in [-0.25, -0.2) is 13.6 Å². The second kappa shape index (κ2) is 10.4. The summed E-state index contributed by atoms with van der Waals surface area (Å²) >= 11 is 0. The van der Waals surface area contributed by atoms with E-state index >= 15 is 0 Å². The third kappa shape index (κ3) is 6.50. The van der Waals surface area contributed by atoms with E-state index in [9.17, 15) is 39.9 Å². The van der Waals surface area contributed by atoms with Crippen LogP contribution in [0.3, 0.4) is 0 Å². The van der Waals surface area contributed by atoms with Gasteiger partial charge in [0.05, 0.1) is 23.2 Å². The molecule has 0 bridgehead atoms. The van der Waals surface area contributed by atoms with E-state index < -0.39 is 54.4 Å². The Labute approximate surface area is 212 Å². The van der Waals surface area contributed by atoms with Crippen molar-refractivity contribution in [3.05, 3.63) is 106 Å². The first kappa shape index (κ1) is 27.6. The van der Waals surface area contributed by atoms with Crippen molar-refractivity contribution in [1.82, 2.24) is 4.90 Å². The fourth-order valence-electron chi connectivity index (χ4n) is 4.38. The van der Waals surface area contributed by atoms with Crippen molar-refractivity contribution >= 4 is 5.97 Å². The minimum absolute atomic E-state index is 0.0135. The predicted molar refractivity (Wildman–Crippen MR) is 121 cm³/mol. The Bertz CT molecular complexity index is 1270. The number of alkyl halides is 8. The van der Waals surface area contributed by atoms with Crippen molar-refractivity contribution in [3.8, 4) is 0 Å². The van der Waals surface area contributed by atoms with Crippen molar-refractivity contribution < 1.29 is 44.7 Å². The van der Waals surface area contributed by atoms with Crippen LogP contribution in [0.4, 0.5) is 35.1 Å². The van der Waals surface area contributed by atoms with Crippen LogP contribution in [-0.4, -0.2) is 23.3 Å². The van der Waals surface area contributed by atoms with E-state index in [1.807, 2.05) is 0 Å². The Kier molecular flexibility index (Phi) is 7.51. The van der Waals surface area contributed by atoms with Gasteiger partial charge in [0.15, 0.2) is 0 Å². The monoisotopic (exact) mass is 543 g/mol. The maximum atomic E-state index is 14.5. The fourth-order valence-corrected chi connectivity index (χ4v) is 4.38. The first-order valence-electron chi connectivity index (χ1n) is 11.4. The van der Waals surface area contributed by atoms with Gasteiger partial charge in [0, 0.05) is 19.0 Å². The molecule has 1 aliphatic rings. The van der Waals surface area contributed by atoms with Gasteiger partial charge in [0.1, 0.15) is 6.61 Å². The van der Waals surface area contributed by atoms with Crippen LogP contribution in [0, 0.1) is 0 Å². The molecule has 0 aromatic heterocycles. The Morgan fingerprint density at radius 2 is 1.34 bits per heavy atom. The molecule has 1 atom stereocenters. The standard InChI is InChI=1S/C27H21F8NO2/c28-25(29)13-23(36(16-25)14-17-5-9-19(10-6-17)26(30,31)32)21-3-1-2-4-22(21)24(37)38-15-18-7-11-20(12-8-18)27(33,34)35/h1-12,23H,13-16H2/t23-/m1/s1. The average Bonchev–Trinajstić information content (AvgIpc) is 3.15. The van der Waals surface area contributed by atoms with Crippen LogP contribution in [-0.2, 0) is 30.2 Å². The first-order valence-corrected chi connectivity index (χ1v) is 11.4. The van der Waals surface area contributed by atoms with Gasteiger partial charge in [0.2, 0.25) is 0 Å². The molecule has 0 N–H and O–H groups in total. The average molecular weight is 543 g/mol. The summed E-state index contributed by atoms with van der Waals surface area (Å²) in [6, 6.07) is 13.3. The third-order valence-corrected chi connectivity index (χ3v) is 6.23. The number of benzene rings is 3. The second-order valence-electron chi connectivity index (χ2n) is 9.03. The maximum Gasteiger partial charge on any atom is 0.416 e. The second-order valence-corrected chi connectivity index (χ2v) is 9.03. The molecule has 0 saturated carbocycles. The highest BCUT2D eigenvalue weighted by molar-refractivity contribution is 5.91. The summed E-state index contributed by atoms with van der Waals surface area (Å²) in [6.07, 6.45) is -9.65. The van der Waals surface area contributed by atoms with E-state index in [4.69, 9.17) is 4.74 Å². The molecule has 0 unspecified atom stereocenters. The van der Waals surface area contributed by atoms with E-state index in [0.29, 0.717) is 11.1 Å². The van der Waals surface area contributed by atoms with Crippen molar-refractivity contribution in [2.45, 2.75) is 43.9 Å². The molecule has 38 heavy (non-hydrogen) atoms. The Morgan fingerprint density at radius 1 is 0.816 bits per heavy atom. The topological polar surface area (TPSA) is 29.5 Å². The summed E-state index contributed by atoms with van der Waals surface area (Å²) < 4.78 is 111. The largest absolute Gasteiger partial charge is 0.457 e. The zero-order valence-electron chi connectivity index (χ0n) is 19.6. The quantitative estimate of drug-likeness (QED) is 0.236. The molecule has 0 spiro atoms. The van der Waals surface area contributed by atoms with Crippen LogP contribution in [0.1, 0.15) is 50.6 Å². The predicted octanol–water partition coefficient (Wildman–Crippen LogP) is 7.66. The molecule has 1 fully saturated rings. The molecular weight excluding hydrogens is 522 g/mol. The van der Waals surface area contributed by atoms with E-state index in [0.717, 1.165) is 24.3 Å². The van der Waals surface area contributed by atoms with Crippen LogP contribution in [0.2, 0.25) is 0 Å². The highest BCUT2D eigenvalue weighted by atomic mass is 19.4. The van der Waals surface area contributed by atoms with Crippen molar-refractivity contribution in [1.29, 1.82) is 0 Å². The molecule has 4 rings (SSSR count). The third-order valence-electron chi connectivity index (χ3n) is 6.23. The van der Waals surface area contributed by atoms with E-state index in [2.05, 4.69) is 0 Å². The number of hydrogen-bond acceptors (Lipinski definition) is 3. The van der Waals surface area contributed by atoms with Crippen LogP contribution >= 0.6 is 0 Å². The minimum atomic E-state index is -4.53. The Hall–Kier alpha value is -3.47. The number of carbonyl (C=O) groups excluding carboxylic acids is 1. The van der Waals surface area contributed by atoms with Gasteiger partial charge in [-0.15, -0.1) is 0 Å². The molecule has 202 valence electrons. The van der Waals surface area contributed by atoms with Crippen LogP contribution < -0.4 is 0 Å². The Balaban J connectivity index is 1.51. The van der Waals surface area contributed by atoms with E-state index in [1.54, 1.807) is 6.07 Å². The molecule has 0 radical (unpaired) electrons. The van der Waals surface area contributed by atoms with Crippen molar-refractivity contribution in [2.24, 2.45) is 0 Å². The zero-order valence-corrected chi connectivity index (χ0v) is 19.6. The van der Waals surface area contributed by atoms with Gasteiger partial charge in [-0.3, -0.25) is 4.90 Å². The van der Waals surface area contributed by atoms with E-state index in [-0.39, 0.29) is 24.3 Å². The van der Waals surface area contributed by atoms with Crippen LogP contribution in [0.5, 0.6) is 0 Å². The number of nitrogens with zero attached hydrogens (tertiary/aromatic N) is 1. The zero-order chi connectivity index (χ0) is 27.7. The lowest BCUT2D eigenvalue weighted by atomic mass is 9.97. The summed E-state index contributed by atoms with van der Waals surface area (Å²) in [6.45, 7) is -1.07. The lowest BCUT2D eigenvalue weighted by molar-refractivity contribution is -0.138. The smallest absolute Gasteiger partial charge is 0.416 e. The fraction of sp³-hybridized carbons (Fsp3) is 0.296. The number of rotatable bonds is 6. The minimum Gasteiger partial charge on any atom is -0.457 e. The highest BCUT2D eigenvalue weighted by Crippen LogP contribution is 2.43. The normalized spacial score (nSPS) is 17.9. The maximum absolute atomic E-state index is 14.5. The summed E-state index contributed by atoms with van der Waals surface area (Å²) in [5.74, 6) is -3.95. The molecule has 0 aliphatic carbocycles. The highest BCUT2D eigenvalue weighted by Gasteiger charge is 2.46. The molecule has 1 heterocycles. The molecule has 3 aromatic carbocycles. The number of carbonyl (C=O) groups is 1. The molecule has 1 saturated heterocycles. The van der Waals surface area contributed by atoms with Gasteiger partial charge in [-0.05, 0) is 47.0 Å². The lowest BCUT2D eigenvalue weighted by Crippen LogP contribution is -2.27. The van der Waals surface area contributed by atoms with Crippen LogP contribution in [0.15, 0.2) is 72.8 Å². The molecule has 1 aliphatic heterocycles. The number of hydrogen-bond donors (Lipinski definition) is 0. The molecule has 3 nitrogen and oxygen atoms in total. The Morgan fingerprint density at radius 3 is 1.89 bits per heavy atom. The lowest BCUT2D eigenvalue weighted by Gasteiger charge is -2.25. The first-order chi connectivity index (χ1) is 17.7. The number of ether oxygens (including phenoxy) is 1.